The van der Waals surface area contributed by atoms with Crippen LogP contribution in [-0.4, -0.2) is 50.7 Å². The van der Waals surface area contributed by atoms with Crippen LogP contribution in [-0.2, 0) is 31.0 Å². The van der Waals surface area contributed by atoms with Crippen LogP contribution in [0.3, 0.4) is 0 Å². The molecular formula is C22H26N4O4. The Morgan fingerprint density at radius 1 is 1.20 bits per heavy atom. The first-order valence-electron chi connectivity index (χ1n) is 10.3. The van der Waals surface area contributed by atoms with Crippen LogP contribution in [0.1, 0.15) is 48.0 Å². The number of carbonyl (C=O) groups is 2. The zero-order valence-electron chi connectivity index (χ0n) is 17.7. The Bertz CT molecular complexity index is 1150. The van der Waals surface area contributed by atoms with E-state index in [2.05, 4.69) is 14.9 Å². The highest BCUT2D eigenvalue weighted by Crippen LogP contribution is 2.41. The maximum absolute atomic E-state index is 13.1. The van der Waals surface area contributed by atoms with Gasteiger partial charge in [0.1, 0.15) is 5.60 Å². The molecule has 1 aliphatic carbocycles. The van der Waals surface area contributed by atoms with E-state index < -0.39 is 11.1 Å². The van der Waals surface area contributed by atoms with E-state index >= 15 is 0 Å². The molecule has 2 aromatic rings. The monoisotopic (exact) mass is 410 g/mol. The zero-order valence-corrected chi connectivity index (χ0v) is 17.7. The van der Waals surface area contributed by atoms with E-state index in [1.165, 1.54) is 0 Å². The predicted molar refractivity (Wildman–Crippen MR) is 111 cm³/mol. The second-order valence-electron chi connectivity index (χ2n) is 9.69. The van der Waals surface area contributed by atoms with Crippen molar-refractivity contribution in [1.29, 1.82) is 0 Å². The number of hydrogen-bond donors (Lipinski definition) is 2. The molecule has 0 unspecified atom stereocenters. The fourth-order valence-corrected chi connectivity index (χ4v) is 5.05. The van der Waals surface area contributed by atoms with E-state index in [-0.39, 0.29) is 17.6 Å². The molecule has 2 aliphatic heterocycles. The fourth-order valence-electron chi connectivity index (χ4n) is 5.05. The maximum Gasteiger partial charge on any atom is 0.410 e. The van der Waals surface area contributed by atoms with Crippen LogP contribution >= 0.6 is 0 Å². The number of H-pyrrole nitrogens is 1. The lowest BCUT2D eigenvalue weighted by Crippen LogP contribution is -2.74. The minimum Gasteiger partial charge on any atom is -0.444 e. The summed E-state index contributed by atoms with van der Waals surface area (Å²) in [5.74, 6) is -0.0924. The molecule has 2 N–H and O–H groups in total. The molecule has 0 aromatic carbocycles. The number of amides is 2. The molecule has 3 aliphatic rings. The molecule has 2 amide bonds. The van der Waals surface area contributed by atoms with Crippen molar-refractivity contribution >= 4 is 12.0 Å². The number of pyridine rings is 1. The third kappa shape index (κ3) is 2.77. The number of rotatable bonds is 0. The van der Waals surface area contributed by atoms with Crippen molar-refractivity contribution in [1.82, 2.24) is 19.8 Å². The summed E-state index contributed by atoms with van der Waals surface area (Å²) >= 11 is 0. The number of aromatic nitrogens is 2. The number of hydrogen-bond acceptors (Lipinski definition) is 4. The van der Waals surface area contributed by atoms with Gasteiger partial charge in [-0.15, -0.1) is 0 Å². The van der Waals surface area contributed by atoms with E-state index in [1.807, 2.05) is 27.8 Å². The van der Waals surface area contributed by atoms with Crippen molar-refractivity contribution in [3.05, 3.63) is 45.0 Å². The Hall–Kier alpha value is -3.03. The molecular weight excluding hydrogens is 384 g/mol. The molecule has 158 valence electrons. The number of fused-ring (bicyclic) bond motifs is 5. The van der Waals surface area contributed by atoms with Crippen LogP contribution in [0.4, 0.5) is 4.79 Å². The highest BCUT2D eigenvalue weighted by atomic mass is 16.6. The van der Waals surface area contributed by atoms with E-state index in [9.17, 15) is 14.4 Å². The van der Waals surface area contributed by atoms with Gasteiger partial charge < -0.3 is 24.5 Å². The maximum atomic E-state index is 13.1. The lowest BCUT2D eigenvalue weighted by Gasteiger charge is -2.51. The molecule has 1 spiro atoms. The van der Waals surface area contributed by atoms with Crippen molar-refractivity contribution in [3.8, 4) is 11.3 Å². The SMILES string of the molecule is Cn1c2c(c3c1-c1cc(=O)[nH]cc1CC3)C(=O)NC1(C2)CN(C(=O)OC(C)(C)C)C1. The van der Waals surface area contributed by atoms with Gasteiger partial charge in [0.15, 0.2) is 0 Å². The van der Waals surface area contributed by atoms with Gasteiger partial charge in [0.2, 0.25) is 5.56 Å². The molecule has 30 heavy (non-hydrogen) atoms. The van der Waals surface area contributed by atoms with Gasteiger partial charge in [-0.1, -0.05) is 0 Å². The molecule has 1 fully saturated rings. The van der Waals surface area contributed by atoms with Crippen molar-refractivity contribution in [2.24, 2.45) is 7.05 Å². The highest BCUT2D eigenvalue weighted by Gasteiger charge is 2.52. The summed E-state index contributed by atoms with van der Waals surface area (Å²) in [5.41, 5.74) is 4.52. The Kier molecular flexibility index (Phi) is 3.79. The van der Waals surface area contributed by atoms with Crippen molar-refractivity contribution in [2.45, 2.75) is 51.2 Å². The van der Waals surface area contributed by atoms with Gasteiger partial charge in [0.05, 0.1) is 16.8 Å². The van der Waals surface area contributed by atoms with Crippen LogP contribution in [0, 0.1) is 0 Å². The Morgan fingerprint density at radius 3 is 2.63 bits per heavy atom. The zero-order chi connectivity index (χ0) is 21.4. The molecule has 4 heterocycles. The van der Waals surface area contributed by atoms with Crippen molar-refractivity contribution < 1.29 is 14.3 Å². The van der Waals surface area contributed by atoms with Gasteiger partial charge in [-0.2, -0.15) is 0 Å². The number of likely N-dealkylation sites (tertiary alicyclic amines) is 1. The van der Waals surface area contributed by atoms with Gasteiger partial charge in [-0.05, 0) is 44.7 Å². The highest BCUT2D eigenvalue weighted by molar-refractivity contribution is 6.01. The van der Waals surface area contributed by atoms with Crippen LogP contribution in [0.2, 0.25) is 0 Å². The molecule has 0 atom stereocenters. The van der Waals surface area contributed by atoms with Gasteiger partial charge >= 0.3 is 6.09 Å². The summed E-state index contributed by atoms with van der Waals surface area (Å²) in [6.45, 7) is 6.38. The molecule has 0 saturated carbocycles. The number of ether oxygens (including phenoxy) is 1. The summed E-state index contributed by atoms with van der Waals surface area (Å²) in [4.78, 5) is 41.8. The van der Waals surface area contributed by atoms with Gasteiger partial charge in [-0.3, -0.25) is 9.59 Å². The minimum atomic E-state index is -0.550. The lowest BCUT2D eigenvalue weighted by atomic mass is 9.80. The van der Waals surface area contributed by atoms with E-state index in [0.717, 1.165) is 46.5 Å². The first-order valence-corrected chi connectivity index (χ1v) is 10.3. The number of aryl methyl sites for hydroxylation is 1. The third-order valence-electron chi connectivity index (χ3n) is 6.28. The van der Waals surface area contributed by atoms with E-state index in [1.54, 1.807) is 17.2 Å². The topological polar surface area (TPSA) is 96.4 Å². The summed E-state index contributed by atoms with van der Waals surface area (Å²) in [5, 5.41) is 3.16. The molecule has 2 aromatic heterocycles. The molecule has 0 radical (unpaired) electrons. The largest absolute Gasteiger partial charge is 0.444 e. The van der Waals surface area contributed by atoms with Crippen LogP contribution in [0.15, 0.2) is 17.1 Å². The molecule has 0 bridgehead atoms. The smallest absolute Gasteiger partial charge is 0.410 e. The van der Waals surface area contributed by atoms with Gasteiger partial charge in [0, 0.05) is 50.1 Å². The Balaban J connectivity index is 1.47. The second kappa shape index (κ2) is 6.00. The number of aromatic amines is 1. The average Bonchev–Trinajstić information content (AvgIpc) is 2.91. The second-order valence-corrected chi connectivity index (χ2v) is 9.69. The van der Waals surface area contributed by atoms with Crippen LogP contribution in [0.25, 0.3) is 11.3 Å². The predicted octanol–water partition coefficient (Wildman–Crippen LogP) is 1.75. The minimum absolute atomic E-state index is 0.0924. The number of nitrogens with one attached hydrogen (secondary N) is 2. The lowest BCUT2D eigenvalue weighted by molar-refractivity contribution is -0.0170. The normalized spacial score (nSPS) is 18.8. The van der Waals surface area contributed by atoms with Crippen LogP contribution in [0.5, 0.6) is 0 Å². The third-order valence-corrected chi connectivity index (χ3v) is 6.28. The summed E-state index contributed by atoms with van der Waals surface area (Å²) in [6, 6.07) is 1.63. The quantitative estimate of drug-likeness (QED) is 0.692. The summed E-state index contributed by atoms with van der Waals surface area (Å²) in [6.07, 6.45) is 3.63. The molecule has 5 rings (SSSR count). The first kappa shape index (κ1) is 19.0. The number of nitrogens with zero attached hydrogens (tertiary/aromatic N) is 2. The summed E-state index contributed by atoms with van der Waals surface area (Å²) in [7, 11) is 1.96. The first-order chi connectivity index (χ1) is 14.1. The summed E-state index contributed by atoms with van der Waals surface area (Å²) < 4.78 is 7.52. The Morgan fingerprint density at radius 2 is 1.93 bits per heavy atom. The van der Waals surface area contributed by atoms with Gasteiger partial charge in [0.25, 0.3) is 5.91 Å². The standard InChI is InChI=1S/C22H26N4O4/c1-21(2,3)30-20(29)26-10-22(11-26)8-15-17(19(28)24-22)13-6-5-12-9-23-16(27)7-14(12)18(13)25(15)4/h7,9H,5-6,8,10-11H2,1-4H3,(H,23,27)(H,24,28). The number of carbonyl (C=O) groups excluding carboxylic acids is 2. The fraction of sp³-hybridized carbons (Fsp3) is 0.500. The molecule has 8 nitrogen and oxygen atoms in total. The van der Waals surface area contributed by atoms with E-state index in [0.29, 0.717) is 19.5 Å². The molecule has 1 saturated heterocycles. The average molecular weight is 410 g/mol. The van der Waals surface area contributed by atoms with E-state index in [4.69, 9.17) is 4.74 Å². The van der Waals surface area contributed by atoms with Crippen molar-refractivity contribution in [2.75, 3.05) is 13.1 Å². The Labute approximate surface area is 174 Å². The van der Waals surface area contributed by atoms with Gasteiger partial charge in [-0.25, -0.2) is 4.79 Å². The molecule has 8 heteroatoms. The van der Waals surface area contributed by atoms with Crippen LogP contribution < -0.4 is 10.9 Å². The van der Waals surface area contributed by atoms with Crippen molar-refractivity contribution in [3.63, 3.8) is 0 Å².